The molecule has 0 spiro atoms. The number of nitrogens with one attached hydrogen (secondary N) is 1. The molecule has 18 heavy (non-hydrogen) atoms. The third kappa shape index (κ3) is 2.55. The molecule has 0 fully saturated rings. The molecule has 2 aromatic rings. The van der Waals surface area contributed by atoms with Gasteiger partial charge in [0.25, 0.3) is 5.91 Å². The summed E-state index contributed by atoms with van der Waals surface area (Å²) in [5, 5.41) is 12.9. The molecule has 4 nitrogen and oxygen atoms in total. The van der Waals surface area contributed by atoms with Gasteiger partial charge in [0.15, 0.2) is 5.75 Å². The minimum absolute atomic E-state index is 0.130. The number of rotatable bonds is 2. The van der Waals surface area contributed by atoms with E-state index in [2.05, 4.69) is 5.32 Å². The van der Waals surface area contributed by atoms with Crippen LogP contribution in [0.25, 0.3) is 0 Å². The highest BCUT2D eigenvalue weighted by Gasteiger charge is 2.12. The van der Waals surface area contributed by atoms with E-state index in [4.69, 9.17) is 17.3 Å². The van der Waals surface area contributed by atoms with E-state index in [-0.39, 0.29) is 17.0 Å². The van der Waals surface area contributed by atoms with Gasteiger partial charge in [-0.25, -0.2) is 0 Å². The number of carbonyl (C=O) groups excluding carboxylic acids is 1. The van der Waals surface area contributed by atoms with Crippen molar-refractivity contribution in [3.05, 3.63) is 53.1 Å². The highest BCUT2D eigenvalue weighted by atomic mass is 35.5. The first kappa shape index (κ1) is 12.3. The Kier molecular flexibility index (Phi) is 3.39. The van der Waals surface area contributed by atoms with E-state index < -0.39 is 5.91 Å². The van der Waals surface area contributed by atoms with Crippen LogP contribution in [0.5, 0.6) is 5.75 Å². The number of hydrogen-bond acceptors (Lipinski definition) is 3. The minimum atomic E-state index is -0.429. The lowest BCUT2D eigenvalue weighted by Crippen LogP contribution is -2.12. The molecule has 0 bridgehead atoms. The van der Waals surface area contributed by atoms with E-state index in [1.54, 1.807) is 30.3 Å². The summed E-state index contributed by atoms with van der Waals surface area (Å²) in [6, 6.07) is 11.3. The van der Waals surface area contributed by atoms with E-state index in [1.807, 2.05) is 0 Å². The molecule has 92 valence electrons. The summed E-state index contributed by atoms with van der Waals surface area (Å²) in [5.41, 5.74) is 6.41. The van der Waals surface area contributed by atoms with Crippen molar-refractivity contribution in [1.29, 1.82) is 0 Å². The first-order chi connectivity index (χ1) is 8.58. The van der Waals surface area contributed by atoms with Gasteiger partial charge in [-0.2, -0.15) is 0 Å². The topological polar surface area (TPSA) is 75.4 Å². The number of benzene rings is 2. The Balaban J connectivity index is 2.22. The van der Waals surface area contributed by atoms with Crippen LogP contribution < -0.4 is 11.1 Å². The Morgan fingerprint density at radius 1 is 1.17 bits per heavy atom. The Morgan fingerprint density at radius 2 is 1.83 bits per heavy atom. The number of nitrogen functional groups attached to an aromatic ring is 1. The standard InChI is InChI=1S/C13H11ClN2O2/c14-8-4-6-9(7-5-8)16-13(18)10-2-1-3-11(15)12(10)17/h1-7,17H,15H2,(H,16,18). The Morgan fingerprint density at radius 3 is 2.50 bits per heavy atom. The number of phenolic OH excluding ortho intramolecular Hbond substituents is 1. The molecule has 0 saturated carbocycles. The zero-order valence-electron chi connectivity index (χ0n) is 9.35. The van der Waals surface area contributed by atoms with Gasteiger partial charge in [-0.1, -0.05) is 17.7 Å². The lowest BCUT2D eigenvalue weighted by Gasteiger charge is -2.08. The van der Waals surface area contributed by atoms with Crippen molar-refractivity contribution in [1.82, 2.24) is 0 Å². The fourth-order valence-electron chi connectivity index (χ4n) is 1.48. The van der Waals surface area contributed by atoms with Crippen LogP contribution in [-0.4, -0.2) is 11.0 Å². The van der Waals surface area contributed by atoms with E-state index in [1.165, 1.54) is 12.1 Å². The van der Waals surface area contributed by atoms with Crippen molar-refractivity contribution in [3.8, 4) is 5.75 Å². The first-order valence-corrected chi connectivity index (χ1v) is 5.60. The predicted molar refractivity (Wildman–Crippen MR) is 71.9 cm³/mol. The predicted octanol–water partition coefficient (Wildman–Crippen LogP) is 2.88. The van der Waals surface area contributed by atoms with Gasteiger partial charge in [0.1, 0.15) is 0 Å². The first-order valence-electron chi connectivity index (χ1n) is 5.22. The molecule has 0 saturated heterocycles. The monoisotopic (exact) mass is 262 g/mol. The van der Waals surface area contributed by atoms with Crippen molar-refractivity contribution in [2.45, 2.75) is 0 Å². The zero-order chi connectivity index (χ0) is 13.1. The molecule has 0 aliphatic rings. The van der Waals surface area contributed by atoms with E-state index in [9.17, 15) is 9.90 Å². The van der Waals surface area contributed by atoms with Gasteiger partial charge in [-0.05, 0) is 36.4 Å². The molecule has 5 heteroatoms. The number of phenols is 1. The Bertz CT molecular complexity index is 582. The average molecular weight is 263 g/mol. The van der Waals surface area contributed by atoms with Crippen LogP contribution in [0.15, 0.2) is 42.5 Å². The highest BCUT2D eigenvalue weighted by molar-refractivity contribution is 6.30. The molecular weight excluding hydrogens is 252 g/mol. The molecule has 0 aliphatic carbocycles. The third-order valence-corrected chi connectivity index (χ3v) is 2.67. The Hall–Kier alpha value is -2.20. The molecule has 4 N–H and O–H groups in total. The van der Waals surface area contributed by atoms with Crippen LogP contribution in [0.1, 0.15) is 10.4 Å². The summed E-state index contributed by atoms with van der Waals surface area (Å²) < 4.78 is 0. The molecular formula is C13H11ClN2O2. The minimum Gasteiger partial charge on any atom is -0.505 e. The number of para-hydroxylation sites is 1. The van der Waals surface area contributed by atoms with Crippen molar-refractivity contribution in [2.75, 3.05) is 11.1 Å². The van der Waals surface area contributed by atoms with Gasteiger partial charge >= 0.3 is 0 Å². The third-order valence-electron chi connectivity index (χ3n) is 2.41. The smallest absolute Gasteiger partial charge is 0.259 e. The van der Waals surface area contributed by atoms with Crippen LogP contribution in [0.3, 0.4) is 0 Å². The van der Waals surface area contributed by atoms with Crippen LogP contribution >= 0.6 is 11.6 Å². The van der Waals surface area contributed by atoms with Crippen molar-refractivity contribution >= 4 is 28.9 Å². The lowest BCUT2D eigenvalue weighted by atomic mass is 10.1. The van der Waals surface area contributed by atoms with Gasteiger partial charge in [0.2, 0.25) is 0 Å². The number of hydrogen-bond donors (Lipinski definition) is 3. The summed E-state index contributed by atoms with van der Waals surface area (Å²) in [4.78, 5) is 11.9. The van der Waals surface area contributed by atoms with Gasteiger partial charge in [0.05, 0.1) is 11.3 Å². The number of aromatic hydroxyl groups is 1. The summed E-state index contributed by atoms with van der Waals surface area (Å²) >= 11 is 5.74. The molecule has 0 heterocycles. The van der Waals surface area contributed by atoms with Crippen LogP contribution in [0, 0.1) is 0 Å². The maximum Gasteiger partial charge on any atom is 0.259 e. The van der Waals surface area contributed by atoms with E-state index in [0.717, 1.165) is 0 Å². The van der Waals surface area contributed by atoms with Crippen LogP contribution in [-0.2, 0) is 0 Å². The fraction of sp³-hybridized carbons (Fsp3) is 0. The lowest BCUT2D eigenvalue weighted by molar-refractivity contribution is 0.102. The van der Waals surface area contributed by atoms with Gasteiger partial charge in [0, 0.05) is 10.7 Å². The van der Waals surface area contributed by atoms with Crippen LogP contribution in [0.4, 0.5) is 11.4 Å². The zero-order valence-corrected chi connectivity index (χ0v) is 10.1. The summed E-state index contributed by atoms with van der Waals surface area (Å²) in [6.45, 7) is 0. The SMILES string of the molecule is Nc1cccc(C(=O)Nc2ccc(Cl)cc2)c1O. The van der Waals surface area contributed by atoms with Gasteiger partial charge in [-0.3, -0.25) is 4.79 Å². The van der Waals surface area contributed by atoms with Crippen molar-refractivity contribution in [2.24, 2.45) is 0 Å². The van der Waals surface area contributed by atoms with Gasteiger partial charge < -0.3 is 16.2 Å². The number of amides is 1. The highest BCUT2D eigenvalue weighted by Crippen LogP contribution is 2.25. The summed E-state index contributed by atoms with van der Waals surface area (Å²) in [6.07, 6.45) is 0. The van der Waals surface area contributed by atoms with E-state index >= 15 is 0 Å². The number of halogens is 1. The molecule has 1 amide bonds. The Labute approximate surface area is 109 Å². The fourth-order valence-corrected chi connectivity index (χ4v) is 1.60. The quantitative estimate of drug-likeness (QED) is 0.575. The van der Waals surface area contributed by atoms with Crippen molar-refractivity contribution < 1.29 is 9.90 Å². The largest absolute Gasteiger partial charge is 0.505 e. The second-order valence-corrected chi connectivity index (χ2v) is 4.14. The number of carbonyl (C=O) groups is 1. The summed E-state index contributed by atoms with van der Waals surface area (Å²) in [5.74, 6) is -0.647. The second kappa shape index (κ2) is 4.98. The molecule has 2 aromatic carbocycles. The second-order valence-electron chi connectivity index (χ2n) is 3.70. The number of anilines is 2. The maximum atomic E-state index is 11.9. The molecule has 2 rings (SSSR count). The van der Waals surface area contributed by atoms with Crippen LogP contribution in [0.2, 0.25) is 5.02 Å². The average Bonchev–Trinajstić information content (AvgIpc) is 2.35. The molecule has 0 aliphatic heterocycles. The maximum absolute atomic E-state index is 11.9. The summed E-state index contributed by atoms with van der Waals surface area (Å²) in [7, 11) is 0. The number of nitrogens with two attached hydrogens (primary N) is 1. The van der Waals surface area contributed by atoms with Crippen molar-refractivity contribution in [3.63, 3.8) is 0 Å². The molecule has 0 aromatic heterocycles. The molecule has 0 atom stereocenters. The molecule has 0 radical (unpaired) electrons. The van der Waals surface area contributed by atoms with Gasteiger partial charge in [-0.15, -0.1) is 0 Å². The molecule has 0 unspecified atom stereocenters. The van der Waals surface area contributed by atoms with E-state index in [0.29, 0.717) is 10.7 Å². The normalized spacial score (nSPS) is 10.1.